The first-order valence-electron chi connectivity index (χ1n) is 8.89. The summed E-state index contributed by atoms with van der Waals surface area (Å²) in [7, 11) is 0. The molecular formula is C19H29NO3. The van der Waals surface area contributed by atoms with Crippen molar-refractivity contribution in [1.29, 1.82) is 0 Å². The fraction of sp³-hybridized carbons (Fsp3) is 0.632. The lowest BCUT2D eigenvalue weighted by Gasteiger charge is -2.17. The van der Waals surface area contributed by atoms with E-state index in [2.05, 4.69) is 5.32 Å². The van der Waals surface area contributed by atoms with Crippen LogP contribution < -0.4 is 10.1 Å². The molecule has 0 bridgehead atoms. The Bertz CT molecular complexity index is 493. The first kappa shape index (κ1) is 17.8. The summed E-state index contributed by atoms with van der Waals surface area (Å²) < 4.78 is 11.1. The van der Waals surface area contributed by atoms with Crippen molar-refractivity contribution >= 4 is 5.91 Å². The molecule has 2 rings (SSSR count). The van der Waals surface area contributed by atoms with Gasteiger partial charge in [-0.3, -0.25) is 4.79 Å². The summed E-state index contributed by atoms with van der Waals surface area (Å²) in [6.45, 7) is 5.63. The minimum absolute atomic E-state index is 0.0118. The molecule has 0 aliphatic heterocycles. The van der Waals surface area contributed by atoms with Gasteiger partial charge in [0.05, 0.1) is 13.2 Å². The molecule has 0 spiro atoms. The Hall–Kier alpha value is -1.55. The number of hydrogen-bond acceptors (Lipinski definition) is 3. The Morgan fingerprint density at radius 1 is 1.13 bits per heavy atom. The van der Waals surface area contributed by atoms with Crippen molar-refractivity contribution in [3.63, 3.8) is 0 Å². The lowest BCUT2D eigenvalue weighted by molar-refractivity contribution is 0.0932. The second-order valence-electron chi connectivity index (χ2n) is 6.05. The van der Waals surface area contributed by atoms with E-state index in [4.69, 9.17) is 9.47 Å². The van der Waals surface area contributed by atoms with Gasteiger partial charge in [-0.2, -0.15) is 0 Å². The normalized spacial score (nSPS) is 15.9. The minimum atomic E-state index is 0.0118. The second-order valence-corrected chi connectivity index (χ2v) is 6.05. The van der Waals surface area contributed by atoms with Crippen molar-refractivity contribution < 1.29 is 14.3 Å². The van der Waals surface area contributed by atoms with Gasteiger partial charge >= 0.3 is 0 Å². The molecule has 1 saturated carbocycles. The SMILES string of the molecule is CCOCc1cc(C(=O)NC2CCCCCC2)ccc1OCC. The van der Waals surface area contributed by atoms with Gasteiger partial charge < -0.3 is 14.8 Å². The summed E-state index contributed by atoms with van der Waals surface area (Å²) >= 11 is 0. The van der Waals surface area contributed by atoms with Crippen LogP contribution in [0, 0.1) is 0 Å². The maximum absolute atomic E-state index is 12.5. The summed E-state index contributed by atoms with van der Waals surface area (Å²) in [5.74, 6) is 0.810. The molecule has 4 heteroatoms. The third kappa shape index (κ3) is 5.54. The second kappa shape index (κ2) is 9.56. The highest BCUT2D eigenvalue weighted by molar-refractivity contribution is 5.94. The third-order valence-electron chi connectivity index (χ3n) is 4.27. The van der Waals surface area contributed by atoms with E-state index in [0.717, 1.165) is 24.2 Å². The fourth-order valence-corrected chi connectivity index (χ4v) is 3.03. The lowest BCUT2D eigenvalue weighted by atomic mass is 10.1. The third-order valence-corrected chi connectivity index (χ3v) is 4.27. The molecule has 1 aliphatic rings. The molecule has 1 aliphatic carbocycles. The highest BCUT2D eigenvalue weighted by Gasteiger charge is 2.17. The number of carbonyl (C=O) groups is 1. The Balaban J connectivity index is 2.06. The number of rotatable bonds is 7. The highest BCUT2D eigenvalue weighted by Crippen LogP contribution is 2.22. The van der Waals surface area contributed by atoms with Crippen LogP contribution in [0.2, 0.25) is 0 Å². The number of amides is 1. The van der Waals surface area contributed by atoms with Crippen LogP contribution in [0.15, 0.2) is 18.2 Å². The molecule has 0 radical (unpaired) electrons. The van der Waals surface area contributed by atoms with Gasteiger partial charge in [0.1, 0.15) is 5.75 Å². The molecule has 1 aromatic rings. The Kier molecular flexibility index (Phi) is 7.40. The van der Waals surface area contributed by atoms with Gasteiger partial charge in [0, 0.05) is 23.8 Å². The van der Waals surface area contributed by atoms with E-state index in [-0.39, 0.29) is 5.91 Å². The van der Waals surface area contributed by atoms with Gasteiger partial charge in [-0.1, -0.05) is 25.7 Å². The molecule has 128 valence electrons. The topological polar surface area (TPSA) is 47.6 Å². The quantitative estimate of drug-likeness (QED) is 0.771. The standard InChI is InChI=1S/C19H29NO3/c1-3-22-14-16-13-15(11-12-18(16)23-4-2)19(21)20-17-9-7-5-6-8-10-17/h11-13,17H,3-10,14H2,1-2H3,(H,20,21). The zero-order valence-electron chi connectivity index (χ0n) is 14.4. The monoisotopic (exact) mass is 319 g/mol. The molecule has 1 aromatic carbocycles. The van der Waals surface area contributed by atoms with E-state index in [0.29, 0.717) is 31.4 Å². The highest BCUT2D eigenvalue weighted by atomic mass is 16.5. The van der Waals surface area contributed by atoms with Crippen molar-refractivity contribution in [2.45, 2.75) is 65.0 Å². The van der Waals surface area contributed by atoms with E-state index in [1.54, 1.807) is 0 Å². The summed E-state index contributed by atoms with van der Waals surface area (Å²) in [6.07, 6.45) is 7.18. The molecule has 23 heavy (non-hydrogen) atoms. The van der Waals surface area contributed by atoms with E-state index >= 15 is 0 Å². The van der Waals surface area contributed by atoms with Crippen molar-refractivity contribution in [2.24, 2.45) is 0 Å². The van der Waals surface area contributed by atoms with Crippen molar-refractivity contribution in [1.82, 2.24) is 5.32 Å². The molecule has 0 unspecified atom stereocenters. The molecule has 4 nitrogen and oxygen atoms in total. The molecule has 0 aromatic heterocycles. The number of carbonyl (C=O) groups excluding carboxylic acids is 1. The van der Waals surface area contributed by atoms with E-state index < -0.39 is 0 Å². The van der Waals surface area contributed by atoms with Crippen LogP contribution in [0.5, 0.6) is 5.75 Å². The lowest BCUT2D eigenvalue weighted by Crippen LogP contribution is -2.34. The maximum atomic E-state index is 12.5. The van der Waals surface area contributed by atoms with Gasteiger partial charge in [-0.25, -0.2) is 0 Å². The van der Waals surface area contributed by atoms with Crippen LogP contribution in [0.3, 0.4) is 0 Å². The van der Waals surface area contributed by atoms with Crippen LogP contribution >= 0.6 is 0 Å². The van der Waals surface area contributed by atoms with Crippen molar-refractivity contribution in [3.8, 4) is 5.75 Å². The zero-order valence-corrected chi connectivity index (χ0v) is 14.4. The first-order valence-corrected chi connectivity index (χ1v) is 8.89. The first-order chi connectivity index (χ1) is 11.2. The summed E-state index contributed by atoms with van der Waals surface area (Å²) in [6, 6.07) is 5.92. The number of nitrogens with one attached hydrogen (secondary N) is 1. The zero-order chi connectivity index (χ0) is 16.5. The van der Waals surface area contributed by atoms with E-state index in [1.807, 2.05) is 32.0 Å². The summed E-state index contributed by atoms with van der Waals surface area (Å²) in [5.41, 5.74) is 1.62. The molecule has 0 atom stereocenters. The average molecular weight is 319 g/mol. The van der Waals surface area contributed by atoms with Gasteiger partial charge in [0.25, 0.3) is 5.91 Å². The van der Waals surface area contributed by atoms with E-state index in [1.165, 1.54) is 25.7 Å². The minimum Gasteiger partial charge on any atom is -0.494 e. The van der Waals surface area contributed by atoms with Crippen LogP contribution in [0.4, 0.5) is 0 Å². The van der Waals surface area contributed by atoms with Gasteiger partial charge in [-0.15, -0.1) is 0 Å². The van der Waals surface area contributed by atoms with Gasteiger partial charge in [-0.05, 0) is 44.9 Å². The molecular weight excluding hydrogens is 290 g/mol. The smallest absolute Gasteiger partial charge is 0.251 e. The van der Waals surface area contributed by atoms with Crippen molar-refractivity contribution in [3.05, 3.63) is 29.3 Å². The van der Waals surface area contributed by atoms with Gasteiger partial charge in [0.15, 0.2) is 0 Å². The molecule has 0 heterocycles. The summed E-state index contributed by atoms with van der Waals surface area (Å²) in [4.78, 5) is 12.5. The van der Waals surface area contributed by atoms with Crippen LogP contribution in [0.25, 0.3) is 0 Å². The number of ether oxygens (including phenoxy) is 2. The van der Waals surface area contributed by atoms with Crippen LogP contribution in [-0.4, -0.2) is 25.2 Å². The molecule has 0 saturated heterocycles. The number of benzene rings is 1. The van der Waals surface area contributed by atoms with E-state index in [9.17, 15) is 4.79 Å². The predicted octanol–water partition coefficient (Wildman–Crippen LogP) is 4.07. The predicted molar refractivity (Wildman–Crippen MR) is 91.9 cm³/mol. The average Bonchev–Trinajstić information content (AvgIpc) is 2.82. The number of hydrogen-bond donors (Lipinski definition) is 1. The molecule has 1 amide bonds. The van der Waals surface area contributed by atoms with Gasteiger partial charge in [0.2, 0.25) is 0 Å². The van der Waals surface area contributed by atoms with Crippen molar-refractivity contribution in [2.75, 3.05) is 13.2 Å². The Labute approximate surface area is 139 Å². The Morgan fingerprint density at radius 3 is 2.52 bits per heavy atom. The maximum Gasteiger partial charge on any atom is 0.251 e. The van der Waals surface area contributed by atoms with Crippen LogP contribution in [-0.2, 0) is 11.3 Å². The molecule has 1 N–H and O–H groups in total. The van der Waals surface area contributed by atoms with Crippen LogP contribution in [0.1, 0.15) is 68.3 Å². The Morgan fingerprint density at radius 2 is 1.87 bits per heavy atom. The largest absolute Gasteiger partial charge is 0.494 e. The fourth-order valence-electron chi connectivity index (χ4n) is 3.03. The molecule has 1 fully saturated rings. The summed E-state index contributed by atoms with van der Waals surface area (Å²) in [5, 5.41) is 3.19.